The maximum atomic E-state index is 11.6. The number of pyridine rings is 2. The number of nitrogens with zero attached hydrogens (tertiary/aromatic N) is 3. The van der Waals surface area contributed by atoms with Crippen molar-refractivity contribution in [1.29, 1.82) is 0 Å². The lowest BCUT2D eigenvalue weighted by Gasteiger charge is -2.00. The van der Waals surface area contributed by atoms with Gasteiger partial charge in [0.2, 0.25) is 0 Å². The lowest BCUT2D eigenvalue weighted by Crippen LogP contribution is -2.23. The molecule has 20 heavy (non-hydrogen) atoms. The Morgan fingerprint density at radius 2 is 1.80 bits per heavy atom. The highest BCUT2D eigenvalue weighted by atomic mass is 16.1. The standard InChI is InChI=1S/C15H16N4O/c20-15(11-16-9-13-5-1-3-7-18-13)12-17-10-14-6-2-4-8-19-14/h1-8,11,17H,9-10,12H2. The molecule has 0 spiro atoms. The van der Waals surface area contributed by atoms with Crippen molar-refractivity contribution in [3.8, 4) is 0 Å². The molecule has 0 aliphatic carbocycles. The number of aromatic nitrogens is 2. The van der Waals surface area contributed by atoms with E-state index in [-0.39, 0.29) is 12.3 Å². The van der Waals surface area contributed by atoms with E-state index in [2.05, 4.69) is 20.3 Å². The molecule has 0 saturated heterocycles. The molecule has 0 aliphatic heterocycles. The number of carbonyl (C=O) groups excluding carboxylic acids is 1. The van der Waals surface area contributed by atoms with Gasteiger partial charge >= 0.3 is 0 Å². The van der Waals surface area contributed by atoms with Crippen molar-refractivity contribution in [3.05, 3.63) is 60.2 Å². The monoisotopic (exact) mass is 268 g/mol. The van der Waals surface area contributed by atoms with Gasteiger partial charge in [0.1, 0.15) is 0 Å². The van der Waals surface area contributed by atoms with Gasteiger partial charge in [-0.15, -0.1) is 0 Å². The number of carbonyl (C=O) groups is 1. The summed E-state index contributed by atoms with van der Waals surface area (Å²) in [5.41, 5.74) is 1.75. The minimum atomic E-state index is -0.0585. The minimum absolute atomic E-state index is 0.0585. The first-order chi connectivity index (χ1) is 9.84. The molecule has 0 amide bonds. The van der Waals surface area contributed by atoms with Gasteiger partial charge < -0.3 is 5.32 Å². The molecule has 5 nitrogen and oxygen atoms in total. The number of aliphatic imine (C=N–C) groups is 1. The molecule has 1 N–H and O–H groups in total. The van der Waals surface area contributed by atoms with Crippen LogP contribution in [0.2, 0.25) is 0 Å². The van der Waals surface area contributed by atoms with Gasteiger partial charge in [0.15, 0.2) is 5.78 Å². The molecule has 2 rings (SSSR count). The number of rotatable bonds is 7. The second-order valence-electron chi connectivity index (χ2n) is 4.18. The number of Topliss-reactive ketones (excluding diaryl/α,β-unsaturated/α-hetero) is 1. The summed E-state index contributed by atoms with van der Waals surface area (Å²) in [5, 5.41) is 3.03. The maximum Gasteiger partial charge on any atom is 0.187 e. The van der Waals surface area contributed by atoms with E-state index in [1.807, 2.05) is 36.4 Å². The third-order valence-electron chi connectivity index (χ3n) is 2.55. The summed E-state index contributed by atoms with van der Waals surface area (Å²) in [6.07, 6.45) is 4.79. The van der Waals surface area contributed by atoms with Gasteiger partial charge in [-0.05, 0) is 24.3 Å². The van der Waals surface area contributed by atoms with E-state index in [9.17, 15) is 4.79 Å². The van der Waals surface area contributed by atoms with Crippen molar-refractivity contribution in [2.75, 3.05) is 6.54 Å². The van der Waals surface area contributed by atoms with Gasteiger partial charge in [0.25, 0.3) is 0 Å². The van der Waals surface area contributed by atoms with Crippen LogP contribution in [0.5, 0.6) is 0 Å². The number of nitrogens with one attached hydrogen (secondary N) is 1. The van der Waals surface area contributed by atoms with E-state index in [0.717, 1.165) is 11.4 Å². The van der Waals surface area contributed by atoms with E-state index in [0.29, 0.717) is 13.1 Å². The zero-order valence-corrected chi connectivity index (χ0v) is 11.1. The van der Waals surface area contributed by atoms with Crippen LogP contribution < -0.4 is 5.32 Å². The second kappa shape index (κ2) is 7.91. The zero-order valence-electron chi connectivity index (χ0n) is 11.1. The van der Waals surface area contributed by atoms with Crippen molar-refractivity contribution < 1.29 is 4.79 Å². The molecule has 0 atom stereocenters. The van der Waals surface area contributed by atoms with Crippen molar-refractivity contribution >= 4 is 12.0 Å². The Balaban J connectivity index is 1.68. The Bertz CT molecular complexity index is 555. The number of hydrogen-bond donors (Lipinski definition) is 1. The average Bonchev–Trinajstić information content (AvgIpc) is 2.49. The Labute approximate surface area is 117 Å². The molecule has 102 valence electrons. The van der Waals surface area contributed by atoms with Crippen LogP contribution in [0.3, 0.4) is 0 Å². The second-order valence-corrected chi connectivity index (χ2v) is 4.18. The van der Waals surface area contributed by atoms with E-state index in [4.69, 9.17) is 0 Å². The molecule has 2 aromatic heterocycles. The van der Waals surface area contributed by atoms with Crippen LogP contribution in [0.4, 0.5) is 0 Å². The SMILES string of the molecule is O=C(C=NCc1ccccn1)CNCc1ccccn1. The fourth-order valence-corrected chi connectivity index (χ4v) is 1.59. The molecule has 2 heterocycles. The Morgan fingerprint density at radius 1 is 1.10 bits per heavy atom. The quantitative estimate of drug-likeness (QED) is 0.771. The Morgan fingerprint density at radius 3 is 2.45 bits per heavy atom. The van der Waals surface area contributed by atoms with Crippen molar-refractivity contribution in [1.82, 2.24) is 15.3 Å². The topological polar surface area (TPSA) is 67.2 Å². The van der Waals surface area contributed by atoms with Crippen LogP contribution in [-0.4, -0.2) is 28.5 Å². The largest absolute Gasteiger partial charge is 0.304 e. The summed E-state index contributed by atoms with van der Waals surface area (Å²) < 4.78 is 0. The maximum absolute atomic E-state index is 11.6. The van der Waals surface area contributed by atoms with Crippen LogP contribution in [0, 0.1) is 0 Å². The molecule has 2 aromatic rings. The third-order valence-corrected chi connectivity index (χ3v) is 2.55. The van der Waals surface area contributed by atoms with Gasteiger partial charge in [0.05, 0.1) is 30.7 Å². The molecule has 0 fully saturated rings. The van der Waals surface area contributed by atoms with Gasteiger partial charge in [-0.25, -0.2) is 0 Å². The van der Waals surface area contributed by atoms with Crippen molar-refractivity contribution in [2.24, 2.45) is 4.99 Å². The molecular formula is C15H16N4O. The lowest BCUT2D eigenvalue weighted by atomic mass is 10.3. The summed E-state index contributed by atoms with van der Waals surface area (Å²) in [6, 6.07) is 11.3. The highest BCUT2D eigenvalue weighted by molar-refractivity contribution is 6.28. The molecular weight excluding hydrogens is 252 g/mol. The van der Waals surface area contributed by atoms with Crippen LogP contribution in [0.25, 0.3) is 0 Å². The van der Waals surface area contributed by atoms with Gasteiger partial charge in [-0.3, -0.25) is 19.8 Å². The zero-order chi connectivity index (χ0) is 14.0. The van der Waals surface area contributed by atoms with E-state index in [1.54, 1.807) is 12.4 Å². The highest BCUT2D eigenvalue weighted by Crippen LogP contribution is 1.94. The predicted octanol–water partition coefficient (Wildman–Crippen LogP) is 1.41. The minimum Gasteiger partial charge on any atom is -0.304 e. The molecule has 0 bridgehead atoms. The van der Waals surface area contributed by atoms with E-state index >= 15 is 0 Å². The van der Waals surface area contributed by atoms with Gasteiger partial charge in [0, 0.05) is 18.9 Å². The fraction of sp³-hybridized carbons (Fsp3) is 0.200. The van der Waals surface area contributed by atoms with Gasteiger partial charge in [-0.2, -0.15) is 0 Å². The molecule has 0 aromatic carbocycles. The van der Waals surface area contributed by atoms with Crippen LogP contribution in [-0.2, 0) is 17.9 Å². The Kier molecular flexibility index (Phi) is 5.54. The third kappa shape index (κ3) is 5.07. The number of ketones is 1. The smallest absolute Gasteiger partial charge is 0.187 e. The lowest BCUT2D eigenvalue weighted by molar-refractivity contribution is -0.111. The summed E-state index contributed by atoms with van der Waals surface area (Å²) >= 11 is 0. The predicted molar refractivity (Wildman–Crippen MR) is 77.4 cm³/mol. The average molecular weight is 268 g/mol. The summed E-state index contributed by atoms with van der Waals surface area (Å²) in [5.74, 6) is -0.0585. The molecule has 5 heteroatoms. The van der Waals surface area contributed by atoms with Gasteiger partial charge in [-0.1, -0.05) is 12.1 Å². The van der Waals surface area contributed by atoms with Crippen LogP contribution >= 0.6 is 0 Å². The van der Waals surface area contributed by atoms with Crippen molar-refractivity contribution in [2.45, 2.75) is 13.1 Å². The normalized spacial score (nSPS) is 10.8. The van der Waals surface area contributed by atoms with E-state index in [1.165, 1.54) is 6.21 Å². The molecule has 0 radical (unpaired) electrons. The van der Waals surface area contributed by atoms with Crippen LogP contribution in [0.1, 0.15) is 11.4 Å². The Hall–Kier alpha value is -2.40. The van der Waals surface area contributed by atoms with E-state index < -0.39 is 0 Å². The first-order valence-electron chi connectivity index (χ1n) is 6.38. The molecule has 0 unspecified atom stereocenters. The first kappa shape index (κ1) is 14.0. The fourth-order valence-electron chi connectivity index (χ4n) is 1.59. The summed E-state index contributed by atoms with van der Waals surface area (Å²) in [6.45, 7) is 1.25. The molecule has 0 aliphatic rings. The first-order valence-corrected chi connectivity index (χ1v) is 6.38. The summed E-state index contributed by atoms with van der Waals surface area (Å²) in [7, 11) is 0. The van der Waals surface area contributed by atoms with Crippen LogP contribution in [0.15, 0.2) is 53.8 Å². The number of hydrogen-bond acceptors (Lipinski definition) is 5. The summed E-state index contributed by atoms with van der Waals surface area (Å²) in [4.78, 5) is 23.9. The van der Waals surface area contributed by atoms with Crippen molar-refractivity contribution in [3.63, 3.8) is 0 Å². The molecule has 0 saturated carbocycles. The highest BCUT2D eigenvalue weighted by Gasteiger charge is 1.98.